The van der Waals surface area contributed by atoms with Crippen molar-refractivity contribution in [3.8, 4) is 11.3 Å². The van der Waals surface area contributed by atoms with Crippen molar-refractivity contribution < 1.29 is 4.52 Å². The zero-order chi connectivity index (χ0) is 21.9. The molecule has 0 aliphatic carbocycles. The minimum absolute atomic E-state index is 0.140. The Morgan fingerprint density at radius 2 is 1.75 bits per heavy atom. The zero-order valence-electron chi connectivity index (χ0n) is 18.1. The molecule has 0 bridgehead atoms. The quantitative estimate of drug-likeness (QED) is 0.465. The molecular formula is C24H26N6O2. The Balaban J connectivity index is 1.28. The van der Waals surface area contributed by atoms with Gasteiger partial charge in [-0.2, -0.15) is 5.10 Å². The van der Waals surface area contributed by atoms with E-state index in [-0.39, 0.29) is 5.56 Å². The van der Waals surface area contributed by atoms with E-state index in [0.717, 1.165) is 50.5 Å². The molecule has 0 radical (unpaired) electrons. The number of fused-ring (bicyclic) bond motifs is 1. The molecule has 164 valence electrons. The van der Waals surface area contributed by atoms with Crippen molar-refractivity contribution in [2.45, 2.75) is 19.9 Å². The normalized spacial score (nSPS) is 14.8. The van der Waals surface area contributed by atoms with E-state index >= 15 is 0 Å². The predicted octanol–water partition coefficient (Wildman–Crippen LogP) is 2.97. The van der Waals surface area contributed by atoms with Gasteiger partial charge in [0.05, 0.1) is 5.69 Å². The first-order valence-corrected chi connectivity index (χ1v) is 11.0. The Hall–Kier alpha value is -3.52. The molecule has 1 aliphatic rings. The van der Waals surface area contributed by atoms with Crippen molar-refractivity contribution >= 4 is 16.8 Å². The SMILES string of the molecule is Cc1noc2c(-c3ccccc3)nn(CCCN3CCN(c4ccccn4)CC3)c(=O)c12. The Kier molecular flexibility index (Phi) is 5.68. The standard InChI is InChI=1S/C24H26N6O2/c1-18-21-23(32-27-18)22(19-8-3-2-4-9-19)26-30(24(21)31)13-7-12-28-14-16-29(17-15-28)20-10-5-6-11-25-20/h2-6,8-11H,7,12-17H2,1H3. The Morgan fingerprint density at radius 1 is 0.969 bits per heavy atom. The second-order valence-corrected chi connectivity index (χ2v) is 8.09. The summed E-state index contributed by atoms with van der Waals surface area (Å²) in [5.41, 5.74) is 2.49. The summed E-state index contributed by atoms with van der Waals surface area (Å²) in [5.74, 6) is 1.04. The van der Waals surface area contributed by atoms with Gasteiger partial charge in [-0.1, -0.05) is 41.6 Å². The molecular weight excluding hydrogens is 404 g/mol. The number of aromatic nitrogens is 4. The second-order valence-electron chi connectivity index (χ2n) is 8.09. The minimum Gasteiger partial charge on any atom is -0.354 e. The first-order valence-electron chi connectivity index (χ1n) is 11.0. The molecule has 8 nitrogen and oxygen atoms in total. The van der Waals surface area contributed by atoms with Gasteiger partial charge in [0.1, 0.15) is 16.9 Å². The molecule has 32 heavy (non-hydrogen) atoms. The van der Waals surface area contributed by atoms with Crippen LogP contribution in [0.15, 0.2) is 64.0 Å². The highest BCUT2D eigenvalue weighted by atomic mass is 16.5. The number of hydrogen-bond donors (Lipinski definition) is 0. The van der Waals surface area contributed by atoms with Crippen LogP contribution in [0.4, 0.5) is 5.82 Å². The predicted molar refractivity (Wildman–Crippen MR) is 124 cm³/mol. The first-order chi connectivity index (χ1) is 15.7. The molecule has 0 unspecified atom stereocenters. The summed E-state index contributed by atoms with van der Waals surface area (Å²) < 4.78 is 7.04. The van der Waals surface area contributed by atoms with E-state index in [9.17, 15) is 4.79 Å². The molecule has 0 amide bonds. The Bertz CT molecular complexity index is 1240. The average molecular weight is 431 g/mol. The summed E-state index contributed by atoms with van der Waals surface area (Å²) in [4.78, 5) is 22.3. The summed E-state index contributed by atoms with van der Waals surface area (Å²) in [5, 5.41) is 9.19. The fraction of sp³-hybridized carbons (Fsp3) is 0.333. The van der Waals surface area contributed by atoms with E-state index in [2.05, 4.69) is 31.1 Å². The van der Waals surface area contributed by atoms with Gasteiger partial charge in [-0.3, -0.25) is 9.69 Å². The zero-order valence-corrected chi connectivity index (χ0v) is 18.1. The van der Waals surface area contributed by atoms with Crippen molar-refractivity contribution in [3.05, 3.63) is 70.8 Å². The van der Waals surface area contributed by atoms with Crippen LogP contribution in [-0.2, 0) is 6.54 Å². The van der Waals surface area contributed by atoms with Gasteiger partial charge >= 0.3 is 0 Å². The maximum atomic E-state index is 13.0. The lowest BCUT2D eigenvalue weighted by Gasteiger charge is -2.35. The minimum atomic E-state index is -0.140. The number of nitrogens with zero attached hydrogens (tertiary/aromatic N) is 6. The summed E-state index contributed by atoms with van der Waals surface area (Å²) in [7, 11) is 0. The van der Waals surface area contributed by atoms with Crippen LogP contribution in [0.5, 0.6) is 0 Å². The van der Waals surface area contributed by atoms with Crippen LogP contribution in [0.25, 0.3) is 22.2 Å². The fourth-order valence-corrected chi connectivity index (χ4v) is 4.25. The topological polar surface area (TPSA) is 80.3 Å². The monoisotopic (exact) mass is 430 g/mol. The molecule has 0 N–H and O–H groups in total. The first kappa shape index (κ1) is 20.4. The largest absolute Gasteiger partial charge is 0.354 e. The van der Waals surface area contributed by atoms with E-state index in [1.807, 2.05) is 48.7 Å². The summed E-state index contributed by atoms with van der Waals surface area (Å²) in [6.45, 7) is 7.16. The number of piperazine rings is 1. The molecule has 1 fully saturated rings. The van der Waals surface area contributed by atoms with Gasteiger partial charge in [0.2, 0.25) is 5.58 Å². The van der Waals surface area contributed by atoms with E-state index in [1.54, 1.807) is 11.6 Å². The molecule has 0 atom stereocenters. The van der Waals surface area contributed by atoms with Gasteiger partial charge in [-0.25, -0.2) is 9.67 Å². The Morgan fingerprint density at radius 3 is 2.50 bits per heavy atom. The van der Waals surface area contributed by atoms with Gasteiger partial charge < -0.3 is 9.42 Å². The van der Waals surface area contributed by atoms with Gasteiger partial charge in [0, 0.05) is 51.0 Å². The van der Waals surface area contributed by atoms with Crippen LogP contribution in [0, 0.1) is 6.92 Å². The maximum Gasteiger partial charge on any atom is 0.279 e. The molecule has 4 aromatic rings. The van der Waals surface area contributed by atoms with E-state index in [0.29, 0.717) is 28.9 Å². The summed E-state index contributed by atoms with van der Waals surface area (Å²) in [6, 6.07) is 15.8. The smallest absolute Gasteiger partial charge is 0.279 e. The van der Waals surface area contributed by atoms with Crippen LogP contribution < -0.4 is 10.5 Å². The highest BCUT2D eigenvalue weighted by Crippen LogP contribution is 2.26. The molecule has 0 saturated carbocycles. The van der Waals surface area contributed by atoms with Crippen LogP contribution in [0.3, 0.4) is 0 Å². The number of anilines is 1. The second kappa shape index (κ2) is 8.92. The van der Waals surface area contributed by atoms with Crippen molar-refractivity contribution in [1.82, 2.24) is 24.8 Å². The molecule has 5 rings (SSSR count). The van der Waals surface area contributed by atoms with Gasteiger partial charge in [0.25, 0.3) is 5.56 Å². The highest BCUT2D eigenvalue weighted by Gasteiger charge is 2.20. The van der Waals surface area contributed by atoms with Crippen molar-refractivity contribution in [3.63, 3.8) is 0 Å². The summed E-state index contributed by atoms with van der Waals surface area (Å²) in [6.07, 6.45) is 2.69. The number of benzene rings is 1. The molecule has 1 aromatic carbocycles. The summed E-state index contributed by atoms with van der Waals surface area (Å²) >= 11 is 0. The molecule has 8 heteroatoms. The van der Waals surface area contributed by atoms with Crippen molar-refractivity contribution in [2.75, 3.05) is 37.6 Å². The maximum absolute atomic E-state index is 13.0. The lowest BCUT2D eigenvalue weighted by atomic mass is 10.1. The van der Waals surface area contributed by atoms with Crippen LogP contribution in [-0.4, -0.2) is 57.5 Å². The van der Waals surface area contributed by atoms with Crippen LogP contribution >= 0.6 is 0 Å². The molecule has 0 spiro atoms. The van der Waals surface area contributed by atoms with Gasteiger partial charge in [-0.05, 0) is 25.5 Å². The number of aryl methyl sites for hydroxylation is 2. The molecule has 1 saturated heterocycles. The van der Waals surface area contributed by atoms with Crippen LogP contribution in [0.1, 0.15) is 12.1 Å². The Labute approximate surface area is 186 Å². The van der Waals surface area contributed by atoms with Crippen LogP contribution in [0.2, 0.25) is 0 Å². The van der Waals surface area contributed by atoms with Gasteiger partial charge in [-0.15, -0.1) is 0 Å². The van der Waals surface area contributed by atoms with E-state index in [4.69, 9.17) is 4.52 Å². The average Bonchev–Trinajstić information content (AvgIpc) is 3.24. The third kappa shape index (κ3) is 4.01. The molecule has 4 heterocycles. The van der Waals surface area contributed by atoms with E-state index < -0.39 is 0 Å². The molecule has 1 aliphatic heterocycles. The third-order valence-electron chi connectivity index (χ3n) is 5.98. The highest BCUT2D eigenvalue weighted by molar-refractivity contribution is 5.90. The lowest BCUT2D eigenvalue weighted by molar-refractivity contribution is 0.248. The number of hydrogen-bond acceptors (Lipinski definition) is 7. The van der Waals surface area contributed by atoms with Gasteiger partial charge in [0.15, 0.2) is 0 Å². The van der Waals surface area contributed by atoms with Crippen molar-refractivity contribution in [2.24, 2.45) is 0 Å². The number of pyridine rings is 1. The molecule has 3 aromatic heterocycles. The van der Waals surface area contributed by atoms with E-state index in [1.165, 1.54) is 0 Å². The third-order valence-corrected chi connectivity index (χ3v) is 5.98. The van der Waals surface area contributed by atoms with Crippen molar-refractivity contribution in [1.29, 1.82) is 0 Å². The lowest BCUT2D eigenvalue weighted by Crippen LogP contribution is -2.47. The fourth-order valence-electron chi connectivity index (χ4n) is 4.25. The number of rotatable bonds is 6.